The van der Waals surface area contributed by atoms with E-state index in [-0.39, 0.29) is 0 Å². The van der Waals surface area contributed by atoms with Gasteiger partial charge in [0.1, 0.15) is 0 Å². The molecule has 0 amide bonds. The molecule has 0 bridgehead atoms. The third kappa shape index (κ3) is 2.36. The van der Waals surface area contributed by atoms with Gasteiger partial charge in [-0.3, -0.25) is 0 Å². The van der Waals surface area contributed by atoms with Crippen LogP contribution in [-0.2, 0) is 0 Å². The quantitative estimate of drug-likeness (QED) is 0.564. The summed E-state index contributed by atoms with van der Waals surface area (Å²) >= 11 is 0. The maximum atomic E-state index is 4.01. The second-order valence-corrected chi connectivity index (χ2v) is 5.19. The molecule has 1 aliphatic carbocycles. The van der Waals surface area contributed by atoms with Gasteiger partial charge in [0.2, 0.25) is 0 Å². The summed E-state index contributed by atoms with van der Waals surface area (Å²) in [5, 5.41) is 0. The molecule has 0 spiro atoms. The second kappa shape index (κ2) is 4.30. The molecule has 0 aliphatic heterocycles. The van der Waals surface area contributed by atoms with Crippen molar-refractivity contribution in [2.45, 2.75) is 52.9 Å². The Kier molecular flexibility index (Phi) is 3.58. The number of allylic oxidation sites excluding steroid dienone is 1. The van der Waals surface area contributed by atoms with E-state index in [9.17, 15) is 0 Å². The van der Waals surface area contributed by atoms with Gasteiger partial charge in [-0.15, -0.1) is 6.58 Å². The normalized spacial score (nSPS) is 32.8. The smallest absolute Gasteiger partial charge is 0.0156 e. The van der Waals surface area contributed by atoms with Crippen LogP contribution in [0.15, 0.2) is 12.7 Å². The van der Waals surface area contributed by atoms with Crippen LogP contribution in [0.2, 0.25) is 0 Å². The SMILES string of the molecule is C=CC1C(CCC)CCCC1(C)C. The Morgan fingerprint density at radius 2 is 2.15 bits per heavy atom. The molecule has 0 nitrogen and oxygen atoms in total. The molecule has 1 rings (SSSR count). The highest BCUT2D eigenvalue weighted by molar-refractivity contribution is 4.97. The first kappa shape index (κ1) is 10.8. The molecule has 1 fully saturated rings. The second-order valence-electron chi connectivity index (χ2n) is 5.19. The third-order valence-electron chi connectivity index (χ3n) is 3.72. The molecule has 0 heterocycles. The van der Waals surface area contributed by atoms with Gasteiger partial charge in [0, 0.05) is 0 Å². The molecule has 76 valence electrons. The predicted molar refractivity (Wildman–Crippen MR) is 59.7 cm³/mol. The summed E-state index contributed by atoms with van der Waals surface area (Å²) in [5.41, 5.74) is 0.500. The largest absolute Gasteiger partial charge is 0.103 e. The lowest BCUT2D eigenvalue weighted by atomic mass is 9.63. The molecular formula is C13H24. The van der Waals surface area contributed by atoms with Gasteiger partial charge in [0.05, 0.1) is 0 Å². The van der Waals surface area contributed by atoms with Crippen molar-refractivity contribution in [3.8, 4) is 0 Å². The van der Waals surface area contributed by atoms with Crippen molar-refractivity contribution in [3.05, 3.63) is 12.7 Å². The number of hydrogen-bond donors (Lipinski definition) is 0. The Bertz CT molecular complexity index is 165. The lowest BCUT2D eigenvalue weighted by molar-refractivity contribution is 0.106. The van der Waals surface area contributed by atoms with Crippen LogP contribution < -0.4 is 0 Å². The Hall–Kier alpha value is -0.260. The maximum absolute atomic E-state index is 4.01. The summed E-state index contributed by atoms with van der Waals surface area (Å²) in [6.45, 7) is 11.1. The summed E-state index contributed by atoms with van der Waals surface area (Å²) in [6, 6.07) is 0. The van der Waals surface area contributed by atoms with Crippen LogP contribution in [0, 0.1) is 17.3 Å². The van der Waals surface area contributed by atoms with Crippen LogP contribution in [-0.4, -0.2) is 0 Å². The van der Waals surface area contributed by atoms with Crippen LogP contribution in [0.3, 0.4) is 0 Å². The van der Waals surface area contributed by atoms with Gasteiger partial charge in [-0.1, -0.05) is 46.1 Å². The van der Waals surface area contributed by atoms with Crippen molar-refractivity contribution >= 4 is 0 Å². The fraction of sp³-hybridized carbons (Fsp3) is 0.846. The van der Waals surface area contributed by atoms with E-state index in [0.29, 0.717) is 5.41 Å². The van der Waals surface area contributed by atoms with Crippen molar-refractivity contribution < 1.29 is 0 Å². The lowest BCUT2D eigenvalue weighted by Gasteiger charge is -2.42. The summed E-state index contributed by atoms with van der Waals surface area (Å²) in [5.74, 6) is 1.66. The van der Waals surface area contributed by atoms with E-state index in [1.54, 1.807) is 0 Å². The van der Waals surface area contributed by atoms with Gasteiger partial charge in [0.25, 0.3) is 0 Å². The van der Waals surface area contributed by atoms with Gasteiger partial charge in [-0.05, 0) is 30.1 Å². The highest BCUT2D eigenvalue weighted by Gasteiger charge is 2.36. The third-order valence-corrected chi connectivity index (χ3v) is 3.72. The fourth-order valence-electron chi connectivity index (χ4n) is 3.01. The molecule has 0 N–H and O–H groups in total. The van der Waals surface area contributed by atoms with Crippen molar-refractivity contribution in [3.63, 3.8) is 0 Å². The van der Waals surface area contributed by atoms with E-state index in [1.165, 1.54) is 32.1 Å². The fourth-order valence-corrected chi connectivity index (χ4v) is 3.01. The van der Waals surface area contributed by atoms with Gasteiger partial charge in [0.15, 0.2) is 0 Å². The van der Waals surface area contributed by atoms with Crippen molar-refractivity contribution in [2.24, 2.45) is 17.3 Å². The van der Waals surface area contributed by atoms with Crippen molar-refractivity contribution in [1.29, 1.82) is 0 Å². The lowest BCUT2D eigenvalue weighted by Crippen LogP contribution is -2.33. The highest BCUT2D eigenvalue weighted by atomic mass is 14.4. The molecule has 0 aromatic rings. The van der Waals surface area contributed by atoms with Crippen molar-refractivity contribution in [1.82, 2.24) is 0 Å². The van der Waals surface area contributed by atoms with Crippen LogP contribution >= 0.6 is 0 Å². The molecule has 1 saturated carbocycles. The molecule has 0 aromatic heterocycles. The first-order valence-corrected chi connectivity index (χ1v) is 5.74. The zero-order valence-electron chi connectivity index (χ0n) is 9.47. The van der Waals surface area contributed by atoms with Crippen LogP contribution in [0.5, 0.6) is 0 Å². The molecule has 0 saturated heterocycles. The van der Waals surface area contributed by atoms with Crippen LogP contribution in [0.1, 0.15) is 52.9 Å². The number of hydrogen-bond acceptors (Lipinski definition) is 0. The molecule has 0 aromatic carbocycles. The molecule has 0 heteroatoms. The van der Waals surface area contributed by atoms with E-state index in [2.05, 4.69) is 33.4 Å². The maximum Gasteiger partial charge on any atom is -0.0156 e. The molecule has 0 radical (unpaired) electrons. The Morgan fingerprint density at radius 1 is 1.46 bits per heavy atom. The van der Waals surface area contributed by atoms with Gasteiger partial charge >= 0.3 is 0 Å². The summed E-state index contributed by atoms with van der Waals surface area (Å²) in [6.07, 6.45) is 9.14. The summed E-state index contributed by atoms with van der Waals surface area (Å²) in [7, 11) is 0. The van der Waals surface area contributed by atoms with E-state index in [4.69, 9.17) is 0 Å². The van der Waals surface area contributed by atoms with E-state index in [1.807, 2.05) is 0 Å². The molecule has 1 aliphatic rings. The molecule has 2 atom stereocenters. The summed E-state index contributed by atoms with van der Waals surface area (Å²) < 4.78 is 0. The van der Waals surface area contributed by atoms with E-state index in [0.717, 1.165) is 11.8 Å². The van der Waals surface area contributed by atoms with E-state index < -0.39 is 0 Å². The van der Waals surface area contributed by atoms with Crippen LogP contribution in [0.4, 0.5) is 0 Å². The average Bonchev–Trinajstić information content (AvgIpc) is 2.04. The van der Waals surface area contributed by atoms with Crippen molar-refractivity contribution in [2.75, 3.05) is 0 Å². The summed E-state index contributed by atoms with van der Waals surface area (Å²) in [4.78, 5) is 0. The van der Waals surface area contributed by atoms with E-state index >= 15 is 0 Å². The monoisotopic (exact) mass is 180 g/mol. The first-order chi connectivity index (χ1) is 6.11. The minimum Gasteiger partial charge on any atom is -0.103 e. The standard InChI is InChI=1S/C13H24/c1-5-8-11-9-7-10-13(3,4)12(11)6-2/h6,11-12H,2,5,7-10H2,1,3-4H3. The van der Waals surface area contributed by atoms with Gasteiger partial charge in [-0.2, -0.15) is 0 Å². The Balaban J connectivity index is 2.67. The molecular weight excluding hydrogens is 156 g/mol. The first-order valence-electron chi connectivity index (χ1n) is 5.74. The topological polar surface area (TPSA) is 0 Å². The Labute approximate surface area is 83.4 Å². The average molecular weight is 180 g/mol. The number of rotatable bonds is 3. The molecule has 2 unspecified atom stereocenters. The Morgan fingerprint density at radius 3 is 2.69 bits per heavy atom. The van der Waals surface area contributed by atoms with Gasteiger partial charge < -0.3 is 0 Å². The highest BCUT2D eigenvalue weighted by Crippen LogP contribution is 2.45. The predicted octanol–water partition coefficient (Wildman–Crippen LogP) is 4.42. The zero-order chi connectivity index (χ0) is 9.90. The zero-order valence-corrected chi connectivity index (χ0v) is 9.47. The molecule has 13 heavy (non-hydrogen) atoms. The minimum absolute atomic E-state index is 0.500. The minimum atomic E-state index is 0.500. The van der Waals surface area contributed by atoms with Crippen LogP contribution in [0.25, 0.3) is 0 Å². The van der Waals surface area contributed by atoms with Gasteiger partial charge in [-0.25, -0.2) is 0 Å².